The SMILES string of the molecule is CN(CCc1noc(-c2ccc(C(=O)N3CCCCC3)cc2)n1)C(=O)Nc1ccc(F)cc1F. The van der Waals surface area contributed by atoms with Crippen LogP contribution in [0.2, 0.25) is 0 Å². The van der Waals surface area contributed by atoms with Crippen molar-refractivity contribution in [2.24, 2.45) is 0 Å². The molecular formula is C24H25F2N5O3. The number of likely N-dealkylation sites (N-methyl/N-ethyl adjacent to an activating group) is 1. The highest BCUT2D eigenvalue weighted by atomic mass is 19.1. The molecule has 10 heteroatoms. The Labute approximate surface area is 195 Å². The molecule has 178 valence electrons. The number of hydrogen-bond donors (Lipinski definition) is 1. The van der Waals surface area contributed by atoms with E-state index in [9.17, 15) is 18.4 Å². The van der Waals surface area contributed by atoms with Crippen LogP contribution in [-0.4, -0.2) is 58.6 Å². The summed E-state index contributed by atoms with van der Waals surface area (Å²) in [6.45, 7) is 1.83. The number of rotatable bonds is 6. The summed E-state index contributed by atoms with van der Waals surface area (Å²) in [7, 11) is 1.54. The third kappa shape index (κ3) is 5.56. The van der Waals surface area contributed by atoms with E-state index in [1.54, 1.807) is 24.3 Å². The molecule has 0 aliphatic carbocycles. The summed E-state index contributed by atoms with van der Waals surface area (Å²) in [4.78, 5) is 32.4. The summed E-state index contributed by atoms with van der Waals surface area (Å²) in [6.07, 6.45) is 3.55. The van der Waals surface area contributed by atoms with Crippen LogP contribution < -0.4 is 5.32 Å². The second-order valence-electron chi connectivity index (χ2n) is 8.17. The molecule has 4 rings (SSSR count). The molecule has 1 fully saturated rings. The van der Waals surface area contributed by atoms with E-state index in [-0.39, 0.29) is 18.1 Å². The highest BCUT2D eigenvalue weighted by Crippen LogP contribution is 2.20. The van der Waals surface area contributed by atoms with Crippen molar-refractivity contribution in [2.45, 2.75) is 25.7 Å². The fraction of sp³-hybridized carbons (Fsp3) is 0.333. The van der Waals surface area contributed by atoms with Crippen LogP contribution in [0.15, 0.2) is 47.0 Å². The zero-order chi connectivity index (χ0) is 24.1. The van der Waals surface area contributed by atoms with Gasteiger partial charge in [-0.3, -0.25) is 4.79 Å². The lowest BCUT2D eigenvalue weighted by Crippen LogP contribution is -2.35. The molecule has 0 bridgehead atoms. The van der Waals surface area contributed by atoms with Crippen LogP contribution in [0.4, 0.5) is 19.3 Å². The maximum Gasteiger partial charge on any atom is 0.321 e. The smallest absolute Gasteiger partial charge is 0.321 e. The van der Waals surface area contributed by atoms with Gasteiger partial charge in [-0.1, -0.05) is 5.16 Å². The van der Waals surface area contributed by atoms with Gasteiger partial charge in [0, 0.05) is 50.3 Å². The standard InChI is InChI=1S/C24H25F2N5O3/c1-30(24(33)27-20-10-9-18(25)15-19(20)26)14-11-21-28-22(34-29-21)16-5-7-17(8-6-16)23(32)31-12-3-2-4-13-31/h5-10,15H,2-4,11-14H2,1H3,(H,27,33). The molecule has 1 aromatic heterocycles. The number of nitrogens with zero attached hydrogens (tertiary/aromatic N) is 4. The van der Waals surface area contributed by atoms with Crippen LogP contribution in [0, 0.1) is 11.6 Å². The Kier molecular flexibility index (Phi) is 7.15. The van der Waals surface area contributed by atoms with Crippen molar-refractivity contribution in [2.75, 3.05) is 32.0 Å². The molecule has 2 heterocycles. The summed E-state index contributed by atoms with van der Waals surface area (Å²) < 4.78 is 32.1. The van der Waals surface area contributed by atoms with Crippen molar-refractivity contribution in [3.8, 4) is 11.5 Å². The molecule has 3 amide bonds. The largest absolute Gasteiger partial charge is 0.339 e. The lowest BCUT2D eigenvalue weighted by atomic mass is 10.1. The van der Waals surface area contributed by atoms with E-state index < -0.39 is 17.7 Å². The van der Waals surface area contributed by atoms with E-state index in [0.29, 0.717) is 35.3 Å². The first-order valence-corrected chi connectivity index (χ1v) is 11.1. The van der Waals surface area contributed by atoms with Gasteiger partial charge in [-0.2, -0.15) is 4.98 Å². The minimum Gasteiger partial charge on any atom is -0.339 e. The summed E-state index contributed by atoms with van der Waals surface area (Å²) in [6, 6.07) is 9.42. The minimum atomic E-state index is -0.854. The molecule has 8 nitrogen and oxygen atoms in total. The van der Waals surface area contributed by atoms with E-state index in [1.807, 2.05) is 4.90 Å². The van der Waals surface area contributed by atoms with Crippen LogP contribution in [0.5, 0.6) is 0 Å². The topological polar surface area (TPSA) is 91.6 Å². The van der Waals surface area contributed by atoms with Crippen molar-refractivity contribution < 1.29 is 22.9 Å². The number of carbonyl (C=O) groups excluding carboxylic acids is 2. The minimum absolute atomic E-state index is 0.0271. The molecule has 0 atom stereocenters. The molecule has 1 aliphatic rings. The Morgan fingerprint density at radius 3 is 2.53 bits per heavy atom. The van der Waals surface area contributed by atoms with Gasteiger partial charge in [-0.25, -0.2) is 13.6 Å². The van der Waals surface area contributed by atoms with Gasteiger partial charge in [0.15, 0.2) is 5.82 Å². The maximum absolute atomic E-state index is 13.7. The Balaban J connectivity index is 1.31. The molecule has 3 aromatic rings. The number of benzene rings is 2. The van der Waals surface area contributed by atoms with E-state index in [4.69, 9.17) is 4.52 Å². The normalized spacial score (nSPS) is 13.6. The number of urea groups is 1. The van der Waals surface area contributed by atoms with E-state index >= 15 is 0 Å². The Morgan fingerprint density at radius 2 is 1.82 bits per heavy atom. The highest BCUT2D eigenvalue weighted by molar-refractivity contribution is 5.94. The third-order valence-electron chi connectivity index (χ3n) is 5.68. The van der Waals surface area contributed by atoms with Crippen LogP contribution in [0.1, 0.15) is 35.4 Å². The summed E-state index contributed by atoms with van der Waals surface area (Å²) in [5.74, 6) is -0.837. The summed E-state index contributed by atoms with van der Waals surface area (Å²) in [5.41, 5.74) is 1.20. The van der Waals surface area contributed by atoms with Crippen molar-refractivity contribution in [3.05, 3.63) is 65.5 Å². The van der Waals surface area contributed by atoms with Gasteiger partial charge in [0.1, 0.15) is 11.6 Å². The van der Waals surface area contributed by atoms with Gasteiger partial charge < -0.3 is 19.6 Å². The Morgan fingerprint density at radius 1 is 1.09 bits per heavy atom. The monoisotopic (exact) mass is 469 g/mol. The zero-order valence-electron chi connectivity index (χ0n) is 18.8. The average Bonchev–Trinajstić information content (AvgIpc) is 3.33. The summed E-state index contributed by atoms with van der Waals surface area (Å²) >= 11 is 0. The van der Waals surface area contributed by atoms with Crippen LogP contribution in [0.3, 0.4) is 0 Å². The van der Waals surface area contributed by atoms with Crippen molar-refractivity contribution >= 4 is 17.6 Å². The van der Waals surface area contributed by atoms with Crippen LogP contribution in [0.25, 0.3) is 11.5 Å². The number of amides is 3. The third-order valence-corrected chi connectivity index (χ3v) is 5.68. The van der Waals surface area contributed by atoms with E-state index in [0.717, 1.165) is 44.5 Å². The molecule has 0 spiro atoms. The average molecular weight is 469 g/mol. The second-order valence-corrected chi connectivity index (χ2v) is 8.17. The fourth-order valence-corrected chi connectivity index (χ4v) is 3.68. The Hall–Kier alpha value is -3.82. The first kappa shape index (κ1) is 23.3. The van der Waals surface area contributed by atoms with Gasteiger partial charge in [-0.15, -0.1) is 0 Å². The maximum atomic E-state index is 13.7. The number of hydrogen-bond acceptors (Lipinski definition) is 5. The first-order valence-electron chi connectivity index (χ1n) is 11.1. The Bertz CT molecular complexity index is 1160. The number of piperidine rings is 1. The fourth-order valence-electron chi connectivity index (χ4n) is 3.68. The number of nitrogens with one attached hydrogen (secondary N) is 1. The predicted octanol–water partition coefficient (Wildman–Crippen LogP) is 4.35. The number of carbonyl (C=O) groups is 2. The lowest BCUT2D eigenvalue weighted by molar-refractivity contribution is 0.0724. The number of likely N-dealkylation sites (tertiary alicyclic amines) is 1. The molecule has 0 unspecified atom stereocenters. The van der Waals surface area contributed by atoms with Gasteiger partial charge >= 0.3 is 6.03 Å². The van der Waals surface area contributed by atoms with E-state index in [2.05, 4.69) is 15.5 Å². The van der Waals surface area contributed by atoms with Gasteiger partial charge in [-0.05, 0) is 55.7 Å². The molecular weight excluding hydrogens is 444 g/mol. The van der Waals surface area contributed by atoms with Gasteiger partial charge in [0.2, 0.25) is 0 Å². The van der Waals surface area contributed by atoms with Crippen molar-refractivity contribution in [1.82, 2.24) is 19.9 Å². The first-order chi connectivity index (χ1) is 16.4. The molecule has 1 aliphatic heterocycles. The molecule has 34 heavy (non-hydrogen) atoms. The number of halogens is 2. The van der Waals surface area contributed by atoms with E-state index in [1.165, 1.54) is 11.9 Å². The van der Waals surface area contributed by atoms with Gasteiger partial charge in [0.25, 0.3) is 11.8 Å². The quantitative estimate of drug-likeness (QED) is 0.580. The van der Waals surface area contributed by atoms with Crippen molar-refractivity contribution in [1.29, 1.82) is 0 Å². The molecule has 2 aromatic carbocycles. The molecule has 1 saturated heterocycles. The summed E-state index contributed by atoms with van der Waals surface area (Å²) in [5, 5.41) is 6.33. The molecule has 0 radical (unpaired) electrons. The van der Waals surface area contributed by atoms with Crippen molar-refractivity contribution in [3.63, 3.8) is 0 Å². The number of aromatic nitrogens is 2. The molecule has 1 N–H and O–H groups in total. The van der Waals surface area contributed by atoms with Gasteiger partial charge in [0.05, 0.1) is 5.69 Å². The number of anilines is 1. The lowest BCUT2D eigenvalue weighted by Gasteiger charge is -2.26. The van der Waals surface area contributed by atoms with Crippen LogP contribution in [-0.2, 0) is 6.42 Å². The molecule has 0 saturated carbocycles. The predicted molar refractivity (Wildman–Crippen MR) is 121 cm³/mol. The van der Waals surface area contributed by atoms with Crippen LogP contribution >= 0.6 is 0 Å². The zero-order valence-corrected chi connectivity index (χ0v) is 18.8. The second kappa shape index (κ2) is 10.4. The highest BCUT2D eigenvalue weighted by Gasteiger charge is 2.19.